The zero-order valence-electron chi connectivity index (χ0n) is 8.75. The molecule has 1 aromatic rings. The fraction of sp³-hybridized carbons (Fsp3) is 0.273. The van der Waals surface area contributed by atoms with Crippen molar-refractivity contribution in [3.8, 4) is 11.8 Å². The van der Waals surface area contributed by atoms with Crippen molar-refractivity contribution in [3.05, 3.63) is 28.8 Å². The van der Waals surface area contributed by atoms with Crippen LogP contribution in [-0.4, -0.2) is 12.4 Å². The summed E-state index contributed by atoms with van der Waals surface area (Å²) in [6.45, 7) is -0.196. The number of hydrogen-bond donors (Lipinski definition) is 0. The fourth-order valence-electron chi connectivity index (χ4n) is 1.39. The second-order valence-electron chi connectivity index (χ2n) is 3.23. The molecule has 0 aromatic heterocycles. The van der Waals surface area contributed by atoms with Crippen LogP contribution in [0.25, 0.3) is 0 Å². The number of rotatable bonds is 3. The van der Waals surface area contributed by atoms with Crippen LogP contribution in [0.4, 0.5) is 8.78 Å². The quantitative estimate of drug-likeness (QED) is 0.743. The minimum absolute atomic E-state index is 0.0446. The number of alkyl halides is 2. The van der Waals surface area contributed by atoms with Crippen molar-refractivity contribution >= 4 is 5.78 Å². The van der Waals surface area contributed by atoms with E-state index in [1.807, 2.05) is 0 Å². The molecule has 0 spiro atoms. The van der Waals surface area contributed by atoms with Gasteiger partial charge >= 0.3 is 6.61 Å². The molecule has 0 N–H and O–H groups in total. The molecule has 0 amide bonds. The molecule has 0 radical (unpaired) electrons. The number of ketones is 1. The van der Waals surface area contributed by atoms with E-state index in [2.05, 4.69) is 4.74 Å². The number of nitrogens with zero attached hydrogens (tertiary/aromatic N) is 1. The monoisotopic (exact) mass is 225 g/mol. The zero-order valence-corrected chi connectivity index (χ0v) is 8.75. The molecule has 0 saturated heterocycles. The molecule has 0 bridgehead atoms. The maximum Gasteiger partial charge on any atom is 0.387 e. The van der Waals surface area contributed by atoms with Gasteiger partial charge in [0.25, 0.3) is 0 Å². The number of benzene rings is 1. The van der Waals surface area contributed by atoms with E-state index in [1.165, 1.54) is 19.1 Å². The van der Waals surface area contributed by atoms with E-state index in [-0.39, 0.29) is 16.9 Å². The maximum atomic E-state index is 12.1. The van der Waals surface area contributed by atoms with Gasteiger partial charge in [-0.25, -0.2) is 0 Å². The number of carbonyl (C=O) groups excluding carboxylic acids is 1. The predicted molar refractivity (Wildman–Crippen MR) is 52.5 cm³/mol. The molecule has 0 unspecified atom stereocenters. The van der Waals surface area contributed by atoms with Crippen LogP contribution in [0.3, 0.4) is 0 Å². The fourth-order valence-corrected chi connectivity index (χ4v) is 1.39. The van der Waals surface area contributed by atoms with E-state index in [1.54, 1.807) is 13.0 Å². The Bertz CT molecular complexity index is 464. The van der Waals surface area contributed by atoms with Gasteiger partial charge in [-0.2, -0.15) is 14.0 Å². The average Bonchev–Trinajstić information content (AvgIpc) is 2.14. The molecule has 0 aliphatic heterocycles. The lowest BCUT2D eigenvalue weighted by atomic mass is 10.0. The third-order valence-corrected chi connectivity index (χ3v) is 1.94. The molecular weight excluding hydrogens is 216 g/mol. The number of nitriles is 1. The van der Waals surface area contributed by atoms with Gasteiger partial charge in [-0.1, -0.05) is 0 Å². The summed E-state index contributed by atoms with van der Waals surface area (Å²) >= 11 is 0. The van der Waals surface area contributed by atoms with Crippen LogP contribution in [0.1, 0.15) is 28.4 Å². The van der Waals surface area contributed by atoms with Gasteiger partial charge in [0.15, 0.2) is 5.78 Å². The largest absolute Gasteiger partial charge is 0.434 e. The normalized spacial score (nSPS) is 10.0. The Morgan fingerprint density at radius 2 is 2.12 bits per heavy atom. The van der Waals surface area contributed by atoms with Gasteiger partial charge in [-0.05, 0) is 31.5 Å². The highest BCUT2D eigenvalue weighted by Gasteiger charge is 2.17. The second-order valence-corrected chi connectivity index (χ2v) is 3.23. The summed E-state index contributed by atoms with van der Waals surface area (Å²) in [5, 5.41) is 8.81. The topological polar surface area (TPSA) is 50.1 Å². The third kappa shape index (κ3) is 2.54. The van der Waals surface area contributed by atoms with Gasteiger partial charge in [0.1, 0.15) is 11.8 Å². The minimum atomic E-state index is -3.02. The molecule has 0 atom stereocenters. The molecule has 3 nitrogen and oxygen atoms in total. The first-order chi connectivity index (χ1) is 7.45. The van der Waals surface area contributed by atoms with Crippen LogP contribution >= 0.6 is 0 Å². The highest BCUT2D eigenvalue weighted by Crippen LogP contribution is 2.26. The summed E-state index contributed by atoms with van der Waals surface area (Å²) in [5.41, 5.74) is 0.522. The van der Waals surface area contributed by atoms with Crippen LogP contribution in [0.2, 0.25) is 0 Å². The second kappa shape index (κ2) is 4.71. The van der Waals surface area contributed by atoms with Crippen molar-refractivity contribution in [1.82, 2.24) is 0 Å². The van der Waals surface area contributed by atoms with Crippen molar-refractivity contribution in [2.45, 2.75) is 20.5 Å². The highest BCUT2D eigenvalue weighted by molar-refractivity contribution is 5.99. The number of hydrogen-bond acceptors (Lipinski definition) is 3. The van der Waals surface area contributed by atoms with Gasteiger partial charge in [0.2, 0.25) is 0 Å². The predicted octanol–water partition coefficient (Wildman–Crippen LogP) is 2.67. The van der Waals surface area contributed by atoms with E-state index in [0.717, 1.165) is 0 Å². The Balaban J connectivity index is 3.39. The van der Waals surface area contributed by atoms with Crippen LogP contribution < -0.4 is 4.74 Å². The van der Waals surface area contributed by atoms with Crippen molar-refractivity contribution in [1.29, 1.82) is 5.26 Å². The zero-order chi connectivity index (χ0) is 12.3. The molecule has 0 heterocycles. The van der Waals surface area contributed by atoms with Crippen molar-refractivity contribution < 1.29 is 18.3 Å². The van der Waals surface area contributed by atoms with E-state index in [0.29, 0.717) is 5.56 Å². The lowest BCUT2D eigenvalue weighted by molar-refractivity contribution is -0.0501. The number of aryl methyl sites for hydroxylation is 1. The van der Waals surface area contributed by atoms with Crippen molar-refractivity contribution in [3.63, 3.8) is 0 Å². The average molecular weight is 225 g/mol. The van der Waals surface area contributed by atoms with Crippen molar-refractivity contribution in [2.75, 3.05) is 0 Å². The van der Waals surface area contributed by atoms with E-state index < -0.39 is 12.4 Å². The Morgan fingerprint density at radius 3 is 2.56 bits per heavy atom. The Kier molecular flexibility index (Phi) is 3.56. The molecule has 0 aliphatic rings. The number of carbonyl (C=O) groups is 1. The van der Waals surface area contributed by atoms with E-state index in [4.69, 9.17) is 5.26 Å². The molecule has 1 aromatic carbocycles. The first-order valence-corrected chi connectivity index (χ1v) is 4.46. The molecule has 1 rings (SSSR count). The molecular formula is C11H9F2NO2. The summed E-state index contributed by atoms with van der Waals surface area (Å²) in [5.74, 6) is -0.730. The van der Waals surface area contributed by atoms with Gasteiger partial charge in [0.05, 0.1) is 11.1 Å². The third-order valence-electron chi connectivity index (χ3n) is 1.94. The summed E-state index contributed by atoms with van der Waals surface area (Å²) in [6.07, 6.45) is 0. The molecule has 16 heavy (non-hydrogen) atoms. The lowest BCUT2D eigenvalue weighted by Crippen LogP contribution is -2.08. The first kappa shape index (κ1) is 12.1. The molecule has 0 fully saturated rings. The summed E-state index contributed by atoms with van der Waals surface area (Å²) < 4.78 is 28.5. The van der Waals surface area contributed by atoms with Gasteiger partial charge < -0.3 is 4.74 Å². The number of halogens is 2. The molecule has 0 aliphatic carbocycles. The van der Waals surface area contributed by atoms with Crippen molar-refractivity contribution in [2.24, 2.45) is 0 Å². The van der Waals surface area contributed by atoms with Gasteiger partial charge in [0, 0.05) is 0 Å². The minimum Gasteiger partial charge on any atom is -0.434 e. The Hall–Kier alpha value is -1.96. The molecule has 0 saturated carbocycles. The van der Waals surface area contributed by atoms with Crippen LogP contribution in [0.5, 0.6) is 5.75 Å². The first-order valence-electron chi connectivity index (χ1n) is 4.46. The molecule has 84 valence electrons. The number of ether oxygens (including phenoxy) is 1. The maximum absolute atomic E-state index is 12.1. The lowest BCUT2D eigenvalue weighted by Gasteiger charge is -2.11. The summed E-state index contributed by atoms with van der Waals surface area (Å²) in [4.78, 5) is 11.3. The van der Waals surface area contributed by atoms with E-state index >= 15 is 0 Å². The summed E-state index contributed by atoms with van der Waals surface area (Å²) in [7, 11) is 0. The van der Waals surface area contributed by atoms with Gasteiger partial charge in [-0.3, -0.25) is 4.79 Å². The standard InChI is InChI=1S/C11H9F2NO2/c1-6-3-8(5-14)10(7(2)15)9(4-6)16-11(12)13/h3-4,11H,1-2H3. The van der Waals surface area contributed by atoms with Crippen LogP contribution in [-0.2, 0) is 0 Å². The van der Waals surface area contributed by atoms with Crippen LogP contribution in [0, 0.1) is 18.3 Å². The smallest absolute Gasteiger partial charge is 0.387 e. The Morgan fingerprint density at radius 1 is 1.50 bits per heavy atom. The highest BCUT2D eigenvalue weighted by atomic mass is 19.3. The SMILES string of the molecule is CC(=O)c1c(C#N)cc(C)cc1OC(F)F. The Labute approximate surface area is 91.3 Å². The van der Waals surface area contributed by atoms with Gasteiger partial charge in [-0.15, -0.1) is 0 Å². The van der Waals surface area contributed by atoms with E-state index in [9.17, 15) is 13.6 Å². The molecule has 5 heteroatoms. The number of Topliss-reactive ketones (excluding diaryl/α,β-unsaturated/α-hetero) is 1. The van der Waals surface area contributed by atoms with Crippen LogP contribution in [0.15, 0.2) is 12.1 Å². The summed E-state index contributed by atoms with van der Waals surface area (Å²) in [6, 6.07) is 4.55.